The van der Waals surface area contributed by atoms with Crippen molar-refractivity contribution in [1.82, 2.24) is 25.6 Å². The van der Waals surface area contributed by atoms with E-state index >= 15 is 0 Å². The minimum Gasteiger partial charge on any atom is -0.359 e. The summed E-state index contributed by atoms with van der Waals surface area (Å²) >= 11 is 6.38. The number of aromatic nitrogens is 5. The minimum atomic E-state index is 0.415. The van der Waals surface area contributed by atoms with Crippen molar-refractivity contribution in [3.8, 4) is 22.5 Å². The Balaban J connectivity index is 2.16. The van der Waals surface area contributed by atoms with Gasteiger partial charge in [-0.3, -0.25) is 0 Å². The van der Waals surface area contributed by atoms with Crippen LogP contribution in [0, 0.1) is 0 Å². The molecular weight excluding hydrogens is 384 g/mol. The van der Waals surface area contributed by atoms with E-state index in [9.17, 15) is 0 Å². The van der Waals surface area contributed by atoms with Gasteiger partial charge in [0.2, 0.25) is 5.82 Å². The minimum absolute atomic E-state index is 0.415. The molecule has 0 radical (unpaired) electrons. The summed E-state index contributed by atoms with van der Waals surface area (Å²) < 4.78 is 0. The highest BCUT2D eigenvalue weighted by Crippen LogP contribution is 2.42. The maximum Gasteiger partial charge on any atom is 0.209 e. The molecule has 0 spiro atoms. The van der Waals surface area contributed by atoms with Gasteiger partial charge in [-0.2, -0.15) is 5.21 Å². The molecule has 4 rings (SSSR count). The predicted octanol–water partition coefficient (Wildman–Crippen LogP) is 5.31. The van der Waals surface area contributed by atoms with Crippen molar-refractivity contribution in [2.75, 3.05) is 18.5 Å². The number of pyridine rings is 1. The van der Waals surface area contributed by atoms with Crippen LogP contribution in [0.15, 0.2) is 42.5 Å². The topological polar surface area (TPSA) is 70.6 Å². The highest BCUT2D eigenvalue weighted by atomic mass is 35.5. The molecule has 6 nitrogen and oxygen atoms in total. The maximum atomic E-state index is 6.38. The Hall–Kier alpha value is -2.99. The lowest BCUT2D eigenvalue weighted by atomic mass is 9.92. The maximum absolute atomic E-state index is 6.38. The molecule has 148 valence electrons. The van der Waals surface area contributed by atoms with E-state index in [0.29, 0.717) is 16.8 Å². The summed E-state index contributed by atoms with van der Waals surface area (Å²) in [4.78, 5) is 7.03. The van der Waals surface area contributed by atoms with E-state index in [2.05, 4.69) is 70.6 Å². The molecule has 2 aromatic heterocycles. The summed E-state index contributed by atoms with van der Waals surface area (Å²) in [6.45, 7) is 7.27. The Morgan fingerprint density at radius 3 is 2.62 bits per heavy atom. The smallest absolute Gasteiger partial charge is 0.209 e. The van der Waals surface area contributed by atoms with Crippen LogP contribution in [0.2, 0.25) is 5.02 Å². The lowest BCUT2D eigenvalue weighted by Crippen LogP contribution is -2.19. The third-order valence-electron chi connectivity index (χ3n) is 5.17. The van der Waals surface area contributed by atoms with E-state index in [1.807, 2.05) is 25.2 Å². The second-order valence-electron chi connectivity index (χ2n) is 7.38. The zero-order valence-electron chi connectivity index (χ0n) is 16.9. The van der Waals surface area contributed by atoms with Gasteiger partial charge in [-0.25, -0.2) is 4.98 Å². The van der Waals surface area contributed by atoms with Crippen LogP contribution in [0.5, 0.6) is 0 Å². The number of anilines is 1. The van der Waals surface area contributed by atoms with Crippen molar-refractivity contribution in [3.63, 3.8) is 0 Å². The fourth-order valence-corrected chi connectivity index (χ4v) is 3.65. The van der Waals surface area contributed by atoms with Gasteiger partial charge in [0.05, 0.1) is 11.1 Å². The number of fused-ring (bicyclic) bond motifs is 1. The van der Waals surface area contributed by atoms with Crippen molar-refractivity contribution in [3.05, 3.63) is 53.1 Å². The quantitative estimate of drug-likeness (QED) is 0.486. The number of hydrogen-bond donors (Lipinski definition) is 1. The van der Waals surface area contributed by atoms with E-state index in [4.69, 9.17) is 16.6 Å². The van der Waals surface area contributed by atoms with Gasteiger partial charge in [0.25, 0.3) is 0 Å². The van der Waals surface area contributed by atoms with Gasteiger partial charge in [0.15, 0.2) is 0 Å². The molecular formula is C22H23ClN6. The van der Waals surface area contributed by atoms with Crippen molar-refractivity contribution in [1.29, 1.82) is 0 Å². The number of aromatic amines is 1. The van der Waals surface area contributed by atoms with Crippen molar-refractivity contribution in [2.45, 2.75) is 26.7 Å². The number of benzene rings is 2. The number of nitrogens with one attached hydrogen (secondary N) is 1. The molecule has 2 aromatic carbocycles. The standard InChI is InChI=1S/C22H23ClN6/c1-5-29(4)22-20(21-25-27-28-26-21)19(15-8-6-7-14(11-15)13(2)3)17-12-16(23)9-10-18(17)24-22/h6-13H,5H2,1-4H3,(H,25,26,27,28). The number of nitrogens with zero attached hydrogens (tertiary/aromatic N) is 5. The number of tetrazole rings is 1. The third kappa shape index (κ3) is 3.56. The Bertz CT molecular complexity index is 1150. The summed E-state index contributed by atoms with van der Waals surface area (Å²) in [7, 11) is 2.02. The van der Waals surface area contributed by atoms with E-state index in [-0.39, 0.29) is 0 Å². The van der Waals surface area contributed by atoms with Crippen molar-refractivity contribution < 1.29 is 0 Å². The molecule has 29 heavy (non-hydrogen) atoms. The van der Waals surface area contributed by atoms with Crippen molar-refractivity contribution in [2.24, 2.45) is 0 Å². The average Bonchev–Trinajstić information content (AvgIpc) is 3.26. The Morgan fingerprint density at radius 2 is 1.93 bits per heavy atom. The monoisotopic (exact) mass is 406 g/mol. The highest BCUT2D eigenvalue weighted by Gasteiger charge is 2.23. The lowest BCUT2D eigenvalue weighted by Gasteiger charge is -2.22. The van der Waals surface area contributed by atoms with Crippen LogP contribution < -0.4 is 4.90 Å². The van der Waals surface area contributed by atoms with Crippen LogP contribution in [0.25, 0.3) is 33.4 Å². The molecule has 0 atom stereocenters. The number of rotatable bonds is 5. The van der Waals surface area contributed by atoms with Crippen molar-refractivity contribution >= 4 is 28.3 Å². The molecule has 0 bridgehead atoms. The molecule has 1 N–H and O–H groups in total. The Labute approximate surface area is 174 Å². The largest absolute Gasteiger partial charge is 0.359 e. The molecule has 0 aliphatic heterocycles. The Morgan fingerprint density at radius 1 is 1.10 bits per heavy atom. The summed E-state index contributed by atoms with van der Waals surface area (Å²) in [6, 6.07) is 14.4. The summed E-state index contributed by atoms with van der Waals surface area (Å²) in [5.41, 5.74) is 5.08. The van der Waals surface area contributed by atoms with Gasteiger partial charge in [-0.05, 0) is 47.4 Å². The molecule has 0 fully saturated rings. The second kappa shape index (κ2) is 7.79. The average molecular weight is 407 g/mol. The number of halogens is 1. The first kappa shape index (κ1) is 19.3. The van der Waals surface area contributed by atoms with E-state index in [1.165, 1.54) is 5.56 Å². The fourth-order valence-electron chi connectivity index (χ4n) is 3.48. The third-order valence-corrected chi connectivity index (χ3v) is 5.41. The fraction of sp³-hybridized carbons (Fsp3) is 0.273. The van der Waals surface area contributed by atoms with Crippen LogP contribution in [0.3, 0.4) is 0 Å². The van der Waals surface area contributed by atoms with Gasteiger partial charge in [-0.1, -0.05) is 49.7 Å². The number of H-pyrrole nitrogens is 1. The van der Waals surface area contributed by atoms with Crippen LogP contribution in [0.1, 0.15) is 32.3 Å². The second-order valence-corrected chi connectivity index (χ2v) is 7.81. The molecule has 7 heteroatoms. The lowest BCUT2D eigenvalue weighted by molar-refractivity contribution is 0.867. The molecule has 2 heterocycles. The van der Waals surface area contributed by atoms with E-state index in [0.717, 1.165) is 40.0 Å². The van der Waals surface area contributed by atoms with Crippen LogP contribution in [0.4, 0.5) is 5.82 Å². The Kier molecular flexibility index (Phi) is 5.20. The molecule has 0 unspecified atom stereocenters. The first-order valence-electron chi connectivity index (χ1n) is 9.68. The van der Waals surface area contributed by atoms with Crippen LogP contribution in [-0.2, 0) is 0 Å². The van der Waals surface area contributed by atoms with Gasteiger partial charge in [0.1, 0.15) is 5.82 Å². The number of hydrogen-bond acceptors (Lipinski definition) is 5. The molecule has 0 aliphatic rings. The first-order valence-corrected chi connectivity index (χ1v) is 10.1. The predicted molar refractivity (Wildman–Crippen MR) is 118 cm³/mol. The summed E-state index contributed by atoms with van der Waals surface area (Å²) in [5.74, 6) is 1.74. The van der Waals surface area contributed by atoms with E-state index < -0.39 is 0 Å². The normalized spacial score (nSPS) is 11.4. The zero-order valence-corrected chi connectivity index (χ0v) is 17.7. The van der Waals surface area contributed by atoms with E-state index in [1.54, 1.807) is 0 Å². The zero-order chi connectivity index (χ0) is 20.5. The summed E-state index contributed by atoms with van der Waals surface area (Å²) in [5, 5.41) is 16.6. The first-order chi connectivity index (χ1) is 14.0. The van der Waals surface area contributed by atoms with Crippen LogP contribution >= 0.6 is 11.6 Å². The molecule has 0 amide bonds. The highest BCUT2D eigenvalue weighted by molar-refractivity contribution is 6.31. The van der Waals surface area contributed by atoms with Gasteiger partial charge in [0, 0.05) is 29.6 Å². The molecule has 0 saturated carbocycles. The van der Waals surface area contributed by atoms with Gasteiger partial charge in [-0.15, -0.1) is 10.2 Å². The van der Waals surface area contributed by atoms with Gasteiger partial charge < -0.3 is 4.90 Å². The summed E-state index contributed by atoms with van der Waals surface area (Å²) in [6.07, 6.45) is 0. The molecule has 0 aliphatic carbocycles. The molecule has 0 saturated heterocycles. The molecule has 4 aromatic rings. The van der Waals surface area contributed by atoms with Gasteiger partial charge >= 0.3 is 0 Å². The SMILES string of the molecule is CCN(C)c1nc2ccc(Cl)cc2c(-c2cccc(C(C)C)c2)c1-c1nn[nH]n1. The van der Waals surface area contributed by atoms with Crippen LogP contribution in [-0.4, -0.2) is 39.2 Å².